The molecule has 84 valence electrons. The Labute approximate surface area is 96.2 Å². The number of hydrogen-bond donors (Lipinski definition) is 1. The van der Waals surface area contributed by atoms with Crippen molar-refractivity contribution in [3.8, 4) is 11.5 Å². The zero-order valence-electron chi connectivity index (χ0n) is 9.00. The highest BCUT2D eigenvalue weighted by molar-refractivity contribution is 5.85. The molecule has 0 bridgehead atoms. The number of benzene rings is 1. The van der Waals surface area contributed by atoms with Crippen LogP contribution in [0.2, 0.25) is 0 Å². The largest absolute Gasteiger partial charge is 0.493 e. The van der Waals surface area contributed by atoms with Gasteiger partial charge in [0.2, 0.25) is 0 Å². The summed E-state index contributed by atoms with van der Waals surface area (Å²) < 4.78 is 10.6. The van der Waals surface area contributed by atoms with Crippen molar-refractivity contribution in [1.82, 2.24) is 5.32 Å². The van der Waals surface area contributed by atoms with Crippen LogP contribution in [0, 0.1) is 0 Å². The Bertz CT molecular complexity index is 327. The fourth-order valence-electron chi connectivity index (χ4n) is 1.91. The summed E-state index contributed by atoms with van der Waals surface area (Å²) in [7, 11) is 3.37. The standard InChI is InChI=1S/C11H15NO2.ClH/c1-13-10-4-3-8-7-12-6-5-9(8)11(10)14-2;/h3-4,12H,5-7H2,1-2H3;1H. The third kappa shape index (κ3) is 2.19. The molecule has 0 amide bonds. The van der Waals surface area contributed by atoms with Crippen LogP contribution in [0.1, 0.15) is 11.1 Å². The van der Waals surface area contributed by atoms with E-state index in [-0.39, 0.29) is 12.4 Å². The van der Waals surface area contributed by atoms with E-state index in [9.17, 15) is 0 Å². The molecule has 15 heavy (non-hydrogen) atoms. The van der Waals surface area contributed by atoms with Crippen molar-refractivity contribution >= 4 is 12.4 Å². The van der Waals surface area contributed by atoms with Crippen molar-refractivity contribution in [2.45, 2.75) is 13.0 Å². The molecule has 0 aromatic heterocycles. The lowest BCUT2D eigenvalue weighted by atomic mass is 9.99. The number of halogens is 1. The van der Waals surface area contributed by atoms with Crippen LogP contribution in [0.25, 0.3) is 0 Å². The Morgan fingerprint density at radius 3 is 2.67 bits per heavy atom. The Balaban J connectivity index is 0.00000112. The molecule has 1 aromatic carbocycles. The molecular formula is C11H16ClNO2. The first-order chi connectivity index (χ1) is 6.86. The van der Waals surface area contributed by atoms with Crippen molar-refractivity contribution < 1.29 is 9.47 Å². The van der Waals surface area contributed by atoms with Crippen LogP contribution in [0.4, 0.5) is 0 Å². The second kappa shape index (κ2) is 5.24. The van der Waals surface area contributed by atoms with E-state index < -0.39 is 0 Å². The van der Waals surface area contributed by atoms with Gasteiger partial charge in [-0.25, -0.2) is 0 Å². The number of rotatable bonds is 2. The summed E-state index contributed by atoms with van der Waals surface area (Å²) in [6, 6.07) is 4.06. The molecule has 1 N–H and O–H groups in total. The predicted octanol–water partition coefficient (Wildman–Crippen LogP) is 1.77. The quantitative estimate of drug-likeness (QED) is 0.839. The minimum atomic E-state index is 0. The summed E-state index contributed by atoms with van der Waals surface area (Å²) in [6.07, 6.45) is 1.01. The minimum absolute atomic E-state index is 0. The molecule has 0 spiro atoms. The smallest absolute Gasteiger partial charge is 0.164 e. The van der Waals surface area contributed by atoms with E-state index in [1.807, 2.05) is 6.07 Å². The Hall–Kier alpha value is -0.930. The number of fused-ring (bicyclic) bond motifs is 1. The Morgan fingerprint density at radius 1 is 1.20 bits per heavy atom. The summed E-state index contributed by atoms with van der Waals surface area (Å²) in [5, 5.41) is 3.33. The summed E-state index contributed by atoms with van der Waals surface area (Å²) in [5.74, 6) is 1.72. The minimum Gasteiger partial charge on any atom is -0.493 e. The van der Waals surface area contributed by atoms with E-state index in [0.29, 0.717) is 0 Å². The molecule has 0 fully saturated rings. The molecule has 0 radical (unpaired) electrons. The maximum absolute atomic E-state index is 5.38. The molecule has 0 saturated heterocycles. The van der Waals surface area contributed by atoms with Crippen LogP contribution in [-0.2, 0) is 13.0 Å². The highest BCUT2D eigenvalue weighted by Crippen LogP contribution is 2.34. The first kappa shape index (κ1) is 12.1. The molecule has 2 rings (SSSR count). The second-order valence-corrected chi connectivity index (χ2v) is 3.37. The van der Waals surface area contributed by atoms with Gasteiger partial charge in [-0.15, -0.1) is 12.4 Å². The molecule has 3 nitrogen and oxygen atoms in total. The zero-order chi connectivity index (χ0) is 9.97. The van der Waals surface area contributed by atoms with E-state index in [1.54, 1.807) is 14.2 Å². The molecule has 0 atom stereocenters. The first-order valence-electron chi connectivity index (χ1n) is 4.80. The average Bonchev–Trinajstić information content (AvgIpc) is 2.27. The maximum Gasteiger partial charge on any atom is 0.164 e. The lowest BCUT2D eigenvalue weighted by molar-refractivity contribution is 0.349. The van der Waals surface area contributed by atoms with Gasteiger partial charge in [0.25, 0.3) is 0 Å². The van der Waals surface area contributed by atoms with E-state index >= 15 is 0 Å². The monoisotopic (exact) mass is 229 g/mol. The van der Waals surface area contributed by atoms with Crippen molar-refractivity contribution in [2.75, 3.05) is 20.8 Å². The van der Waals surface area contributed by atoms with Crippen molar-refractivity contribution in [1.29, 1.82) is 0 Å². The third-order valence-electron chi connectivity index (χ3n) is 2.61. The van der Waals surface area contributed by atoms with Gasteiger partial charge in [-0.1, -0.05) is 6.07 Å². The summed E-state index contributed by atoms with van der Waals surface area (Å²) in [6.45, 7) is 1.94. The third-order valence-corrected chi connectivity index (χ3v) is 2.61. The van der Waals surface area contributed by atoms with Gasteiger partial charge in [-0.3, -0.25) is 0 Å². The maximum atomic E-state index is 5.38. The summed E-state index contributed by atoms with van der Waals surface area (Å²) >= 11 is 0. The number of ether oxygens (including phenoxy) is 2. The Kier molecular flexibility index (Phi) is 4.24. The fraction of sp³-hybridized carbons (Fsp3) is 0.455. The van der Waals surface area contributed by atoms with Gasteiger partial charge in [-0.2, -0.15) is 0 Å². The van der Waals surface area contributed by atoms with Gasteiger partial charge in [0.05, 0.1) is 14.2 Å². The SMILES string of the molecule is COc1ccc2c(c1OC)CCNC2.Cl. The molecule has 1 aliphatic heterocycles. The van der Waals surface area contributed by atoms with Gasteiger partial charge in [-0.05, 0) is 24.6 Å². The van der Waals surface area contributed by atoms with Crippen molar-refractivity contribution in [3.05, 3.63) is 23.3 Å². The molecule has 1 aliphatic rings. The normalized spacial score (nSPS) is 13.7. The molecule has 4 heteroatoms. The highest BCUT2D eigenvalue weighted by Gasteiger charge is 2.16. The average molecular weight is 230 g/mol. The van der Waals surface area contributed by atoms with Crippen molar-refractivity contribution in [3.63, 3.8) is 0 Å². The van der Waals surface area contributed by atoms with E-state index in [4.69, 9.17) is 9.47 Å². The lowest BCUT2D eigenvalue weighted by Gasteiger charge is -2.21. The van der Waals surface area contributed by atoms with Crippen LogP contribution < -0.4 is 14.8 Å². The molecule has 0 unspecified atom stereocenters. The molecular weight excluding hydrogens is 214 g/mol. The van der Waals surface area contributed by atoms with E-state index in [2.05, 4.69) is 11.4 Å². The van der Waals surface area contributed by atoms with Crippen LogP contribution in [0.15, 0.2) is 12.1 Å². The topological polar surface area (TPSA) is 30.5 Å². The second-order valence-electron chi connectivity index (χ2n) is 3.37. The van der Waals surface area contributed by atoms with Gasteiger partial charge >= 0.3 is 0 Å². The number of nitrogens with one attached hydrogen (secondary N) is 1. The van der Waals surface area contributed by atoms with Crippen LogP contribution in [-0.4, -0.2) is 20.8 Å². The summed E-state index contributed by atoms with van der Waals surface area (Å²) in [4.78, 5) is 0. The van der Waals surface area contributed by atoms with Gasteiger partial charge in [0.15, 0.2) is 11.5 Å². The molecule has 0 saturated carbocycles. The zero-order valence-corrected chi connectivity index (χ0v) is 9.82. The van der Waals surface area contributed by atoms with Gasteiger partial charge in [0, 0.05) is 12.1 Å². The predicted molar refractivity (Wildman–Crippen MR) is 62.2 cm³/mol. The van der Waals surface area contributed by atoms with Crippen LogP contribution in [0.5, 0.6) is 11.5 Å². The van der Waals surface area contributed by atoms with E-state index in [0.717, 1.165) is 31.0 Å². The lowest BCUT2D eigenvalue weighted by Crippen LogP contribution is -2.24. The van der Waals surface area contributed by atoms with Gasteiger partial charge in [0.1, 0.15) is 0 Å². The molecule has 0 aliphatic carbocycles. The van der Waals surface area contributed by atoms with E-state index in [1.165, 1.54) is 11.1 Å². The van der Waals surface area contributed by atoms with Gasteiger partial charge < -0.3 is 14.8 Å². The Morgan fingerprint density at radius 2 is 2.00 bits per heavy atom. The number of hydrogen-bond acceptors (Lipinski definition) is 3. The highest BCUT2D eigenvalue weighted by atomic mass is 35.5. The van der Waals surface area contributed by atoms with Crippen LogP contribution in [0.3, 0.4) is 0 Å². The first-order valence-corrected chi connectivity index (χ1v) is 4.80. The van der Waals surface area contributed by atoms with Crippen LogP contribution >= 0.6 is 12.4 Å². The fourth-order valence-corrected chi connectivity index (χ4v) is 1.91. The number of methoxy groups -OCH3 is 2. The summed E-state index contributed by atoms with van der Waals surface area (Å²) in [5.41, 5.74) is 2.60. The van der Waals surface area contributed by atoms with Crippen molar-refractivity contribution in [2.24, 2.45) is 0 Å². The molecule has 1 aromatic rings. The molecule has 1 heterocycles.